The van der Waals surface area contributed by atoms with Crippen LogP contribution in [-0.2, 0) is 4.79 Å². The Morgan fingerprint density at radius 1 is 1.12 bits per heavy atom. The Hall–Kier alpha value is -3.62. The second-order valence-corrected chi connectivity index (χ2v) is 5.35. The molecule has 1 aromatic carbocycles. The molecule has 0 spiro atoms. The maximum atomic E-state index is 12.4. The van der Waals surface area contributed by atoms with Crippen molar-refractivity contribution in [3.05, 3.63) is 40.9 Å². The molecule has 0 atom stereocenters. The van der Waals surface area contributed by atoms with Crippen LogP contribution in [0.3, 0.4) is 0 Å². The molecule has 1 aliphatic heterocycles. The Bertz CT molecular complexity index is 1010. The fraction of sp³-hybridized carbons (Fsp3) is 0.0667. The van der Waals surface area contributed by atoms with E-state index >= 15 is 0 Å². The predicted octanol–water partition coefficient (Wildman–Crippen LogP) is 0.656. The Labute approximate surface area is 135 Å². The minimum Gasteiger partial charge on any atom is -0.482 e. The molecule has 1 aliphatic rings. The van der Waals surface area contributed by atoms with Gasteiger partial charge in [0.2, 0.25) is 0 Å². The molecule has 0 radical (unpaired) electrons. The summed E-state index contributed by atoms with van der Waals surface area (Å²) in [7, 11) is 0. The zero-order chi connectivity index (χ0) is 16.8. The zero-order valence-electron chi connectivity index (χ0n) is 12.4. The first-order chi connectivity index (χ1) is 11.5. The summed E-state index contributed by atoms with van der Waals surface area (Å²) < 4.78 is 6.73. The summed E-state index contributed by atoms with van der Waals surface area (Å²) in [6.45, 7) is -0.0332. The first kappa shape index (κ1) is 14.0. The number of imidazole rings is 1. The Morgan fingerprint density at radius 2 is 1.96 bits per heavy atom. The summed E-state index contributed by atoms with van der Waals surface area (Å²) >= 11 is 0. The quantitative estimate of drug-likeness (QED) is 0.470. The van der Waals surface area contributed by atoms with E-state index in [0.29, 0.717) is 34.2 Å². The van der Waals surface area contributed by atoms with Gasteiger partial charge in [-0.05, 0) is 24.3 Å². The van der Waals surface area contributed by atoms with Crippen LogP contribution in [0, 0.1) is 0 Å². The van der Waals surface area contributed by atoms with Gasteiger partial charge < -0.3 is 26.5 Å². The number of nitrogens with one attached hydrogen (secondary N) is 3. The number of nitrogens with two attached hydrogens (primary N) is 2. The van der Waals surface area contributed by atoms with Crippen molar-refractivity contribution in [2.45, 2.75) is 0 Å². The van der Waals surface area contributed by atoms with Crippen LogP contribution in [0.5, 0.6) is 5.75 Å². The third-order valence-corrected chi connectivity index (χ3v) is 3.81. The van der Waals surface area contributed by atoms with E-state index in [1.807, 2.05) is 0 Å². The van der Waals surface area contributed by atoms with Gasteiger partial charge in [-0.2, -0.15) is 0 Å². The smallest absolute Gasteiger partial charge is 0.332 e. The summed E-state index contributed by atoms with van der Waals surface area (Å²) in [5.41, 5.74) is 13.5. The number of anilines is 3. The molecule has 9 nitrogen and oxygen atoms in total. The maximum absolute atomic E-state index is 12.4. The van der Waals surface area contributed by atoms with E-state index < -0.39 is 5.69 Å². The average Bonchev–Trinajstić information content (AvgIpc) is 3.08. The van der Waals surface area contributed by atoms with Gasteiger partial charge in [-0.3, -0.25) is 14.3 Å². The molecule has 0 saturated heterocycles. The van der Waals surface area contributed by atoms with E-state index in [4.69, 9.17) is 16.2 Å². The van der Waals surface area contributed by atoms with E-state index in [0.717, 1.165) is 0 Å². The summed E-state index contributed by atoms with van der Waals surface area (Å²) in [6.07, 6.45) is 1.66. The molecular formula is C15H14N6O3. The molecule has 0 aliphatic carbocycles. The topological polar surface area (TPSA) is 144 Å². The number of nitrogen functional groups attached to an aromatic ring is 2. The monoisotopic (exact) mass is 326 g/mol. The largest absolute Gasteiger partial charge is 0.482 e. The van der Waals surface area contributed by atoms with Crippen LogP contribution in [0.15, 0.2) is 35.3 Å². The maximum Gasteiger partial charge on any atom is 0.332 e. The molecule has 7 N–H and O–H groups in total. The van der Waals surface area contributed by atoms with Crippen molar-refractivity contribution in [3.8, 4) is 22.7 Å². The van der Waals surface area contributed by atoms with Gasteiger partial charge in [0.25, 0.3) is 5.91 Å². The lowest BCUT2D eigenvalue weighted by molar-refractivity contribution is -0.118. The molecule has 1 amide bonds. The zero-order valence-corrected chi connectivity index (χ0v) is 12.4. The van der Waals surface area contributed by atoms with Gasteiger partial charge in [-0.15, -0.1) is 0 Å². The number of carbonyl (C=O) groups is 1. The second-order valence-electron chi connectivity index (χ2n) is 5.35. The highest BCUT2D eigenvalue weighted by Gasteiger charge is 2.21. The summed E-state index contributed by atoms with van der Waals surface area (Å²) in [5, 5.41) is 2.71. The third kappa shape index (κ3) is 2.02. The standard InChI is InChI=1S/C15H14N6O3/c16-13-8(3-4-18-13)12-14(17)20-15(23)21(12)7-1-2-10-9(5-7)19-11(22)6-24-10/h1-5,18H,6,16-17H2,(H,19,22)(H,20,23). The van der Waals surface area contributed by atoms with Crippen molar-refractivity contribution < 1.29 is 9.53 Å². The lowest BCUT2D eigenvalue weighted by Crippen LogP contribution is -2.25. The fourth-order valence-corrected chi connectivity index (χ4v) is 2.76. The molecular weight excluding hydrogens is 312 g/mol. The van der Waals surface area contributed by atoms with Crippen molar-refractivity contribution in [3.63, 3.8) is 0 Å². The van der Waals surface area contributed by atoms with Gasteiger partial charge in [0.15, 0.2) is 6.61 Å². The van der Waals surface area contributed by atoms with Crippen LogP contribution in [0.2, 0.25) is 0 Å². The molecule has 0 saturated carbocycles. The molecule has 3 heterocycles. The molecule has 0 fully saturated rings. The Morgan fingerprint density at radius 3 is 2.71 bits per heavy atom. The highest BCUT2D eigenvalue weighted by Crippen LogP contribution is 2.33. The van der Waals surface area contributed by atoms with Gasteiger partial charge in [0.1, 0.15) is 23.1 Å². The van der Waals surface area contributed by atoms with Crippen LogP contribution in [0.25, 0.3) is 16.9 Å². The first-order valence-electron chi connectivity index (χ1n) is 7.15. The molecule has 3 aromatic rings. The highest BCUT2D eigenvalue weighted by atomic mass is 16.5. The number of H-pyrrole nitrogens is 2. The fourth-order valence-electron chi connectivity index (χ4n) is 2.76. The highest BCUT2D eigenvalue weighted by molar-refractivity contribution is 5.95. The Balaban J connectivity index is 1.92. The number of benzene rings is 1. The summed E-state index contributed by atoms with van der Waals surface area (Å²) in [6, 6.07) is 6.77. The molecule has 4 rings (SSSR count). The van der Waals surface area contributed by atoms with Gasteiger partial charge >= 0.3 is 5.69 Å². The van der Waals surface area contributed by atoms with Crippen LogP contribution < -0.4 is 27.2 Å². The third-order valence-electron chi connectivity index (χ3n) is 3.81. The van der Waals surface area contributed by atoms with Crippen LogP contribution in [0.1, 0.15) is 0 Å². The number of rotatable bonds is 2. The number of carbonyl (C=O) groups excluding carboxylic acids is 1. The number of aromatic nitrogens is 3. The average molecular weight is 326 g/mol. The summed E-state index contributed by atoms with van der Waals surface area (Å²) in [4.78, 5) is 29.3. The van der Waals surface area contributed by atoms with E-state index in [9.17, 15) is 9.59 Å². The van der Waals surface area contributed by atoms with Crippen molar-refractivity contribution in [1.82, 2.24) is 14.5 Å². The summed E-state index contributed by atoms with van der Waals surface area (Å²) in [5.74, 6) is 0.877. The molecule has 0 unspecified atom stereocenters. The predicted molar refractivity (Wildman–Crippen MR) is 89.1 cm³/mol. The first-order valence-corrected chi connectivity index (χ1v) is 7.15. The number of amides is 1. The van der Waals surface area contributed by atoms with Crippen LogP contribution in [0.4, 0.5) is 17.3 Å². The lowest BCUT2D eigenvalue weighted by Gasteiger charge is -2.19. The van der Waals surface area contributed by atoms with Crippen LogP contribution >= 0.6 is 0 Å². The number of fused-ring (bicyclic) bond motifs is 1. The van der Waals surface area contributed by atoms with Crippen molar-refractivity contribution in [2.24, 2.45) is 0 Å². The molecule has 2 aromatic heterocycles. The lowest BCUT2D eigenvalue weighted by atomic mass is 10.2. The van der Waals surface area contributed by atoms with Crippen molar-refractivity contribution >= 4 is 23.2 Å². The normalized spacial score (nSPS) is 13.2. The van der Waals surface area contributed by atoms with Gasteiger partial charge in [-0.1, -0.05) is 0 Å². The SMILES string of the molecule is Nc1[nH]ccc1-c1c(N)[nH]c(=O)n1-c1ccc2c(c1)NC(=O)CO2. The number of nitrogens with zero attached hydrogens (tertiary/aromatic N) is 1. The van der Waals surface area contributed by atoms with E-state index in [-0.39, 0.29) is 18.3 Å². The van der Waals surface area contributed by atoms with E-state index in [1.54, 1.807) is 30.5 Å². The molecule has 0 bridgehead atoms. The van der Waals surface area contributed by atoms with Gasteiger partial charge in [0.05, 0.1) is 11.4 Å². The molecule has 9 heteroatoms. The minimum absolute atomic E-state index is 0.0332. The molecule has 24 heavy (non-hydrogen) atoms. The van der Waals surface area contributed by atoms with Gasteiger partial charge in [-0.25, -0.2) is 4.79 Å². The number of hydrogen-bond acceptors (Lipinski definition) is 5. The van der Waals surface area contributed by atoms with Crippen molar-refractivity contribution in [1.29, 1.82) is 0 Å². The number of hydrogen-bond donors (Lipinski definition) is 5. The van der Waals surface area contributed by atoms with Gasteiger partial charge in [0, 0.05) is 11.8 Å². The Kier molecular flexibility index (Phi) is 2.89. The minimum atomic E-state index is -0.411. The van der Waals surface area contributed by atoms with Crippen LogP contribution in [-0.4, -0.2) is 27.0 Å². The number of ether oxygens (including phenoxy) is 1. The van der Waals surface area contributed by atoms with E-state index in [1.165, 1.54) is 4.57 Å². The van der Waals surface area contributed by atoms with Crippen molar-refractivity contribution in [2.75, 3.05) is 23.4 Å². The van der Waals surface area contributed by atoms with E-state index in [2.05, 4.69) is 15.3 Å². The molecule has 122 valence electrons. The second kappa shape index (κ2) is 4.95. The number of aromatic amines is 2.